The molecule has 0 fully saturated rings. The number of hydrogen-bond donors (Lipinski definition) is 0. The fourth-order valence-electron chi connectivity index (χ4n) is 1.58. The molecular formula is C13H10N2OS3. The minimum absolute atomic E-state index is 0.462. The molecule has 0 saturated heterocycles. The van der Waals surface area contributed by atoms with Crippen molar-refractivity contribution < 1.29 is 4.21 Å². The predicted octanol–water partition coefficient (Wildman–Crippen LogP) is 3.57. The van der Waals surface area contributed by atoms with Gasteiger partial charge in [-0.1, -0.05) is 12.1 Å². The predicted molar refractivity (Wildman–Crippen MR) is 79.8 cm³/mol. The minimum atomic E-state index is -1.00. The molecule has 0 amide bonds. The van der Waals surface area contributed by atoms with Crippen LogP contribution in [0.2, 0.25) is 0 Å². The van der Waals surface area contributed by atoms with Crippen molar-refractivity contribution in [3.05, 3.63) is 53.0 Å². The van der Waals surface area contributed by atoms with Gasteiger partial charge in [0.15, 0.2) is 0 Å². The molecule has 19 heavy (non-hydrogen) atoms. The van der Waals surface area contributed by atoms with Crippen LogP contribution in [0, 0.1) is 0 Å². The lowest BCUT2D eigenvalue weighted by Gasteiger charge is -1.96. The summed E-state index contributed by atoms with van der Waals surface area (Å²) in [5.41, 5.74) is 1.72. The normalized spacial score (nSPS) is 12.4. The smallest absolute Gasteiger partial charge is 0.142 e. The molecule has 0 bridgehead atoms. The van der Waals surface area contributed by atoms with E-state index in [0.717, 1.165) is 20.6 Å². The molecule has 0 spiro atoms. The number of thiophene rings is 1. The summed E-state index contributed by atoms with van der Waals surface area (Å²) in [6.07, 6.45) is 1.75. The van der Waals surface area contributed by atoms with Crippen LogP contribution in [0.1, 0.15) is 5.69 Å². The molecule has 6 heteroatoms. The molecule has 3 nitrogen and oxygen atoms in total. The Morgan fingerprint density at radius 1 is 1.16 bits per heavy atom. The summed E-state index contributed by atoms with van der Waals surface area (Å²) < 4.78 is 13.0. The molecule has 0 saturated carbocycles. The monoisotopic (exact) mass is 306 g/mol. The maximum Gasteiger partial charge on any atom is 0.142 e. The van der Waals surface area contributed by atoms with E-state index in [1.165, 1.54) is 22.7 Å². The number of thiazole rings is 1. The van der Waals surface area contributed by atoms with Gasteiger partial charge in [-0.15, -0.1) is 22.7 Å². The van der Waals surface area contributed by atoms with Crippen LogP contribution in [0.15, 0.2) is 51.5 Å². The first kappa shape index (κ1) is 12.7. The van der Waals surface area contributed by atoms with Gasteiger partial charge in [-0.25, -0.2) is 4.98 Å². The summed E-state index contributed by atoms with van der Waals surface area (Å²) in [5.74, 6) is 0.462. The van der Waals surface area contributed by atoms with Gasteiger partial charge in [0, 0.05) is 11.6 Å². The highest BCUT2D eigenvalue weighted by Crippen LogP contribution is 2.23. The van der Waals surface area contributed by atoms with Gasteiger partial charge in [-0.3, -0.25) is 9.19 Å². The molecule has 0 aliphatic heterocycles. The zero-order chi connectivity index (χ0) is 13.1. The third-order valence-corrected chi connectivity index (χ3v) is 6.00. The van der Waals surface area contributed by atoms with E-state index in [-0.39, 0.29) is 0 Å². The maximum atomic E-state index is 12.1. The van der Waals surface area contributed by atoms with E-state index in [9.17, 15) is 4.21 Å². The van der Waals surface area contributed by atoms with Crippen molar-refractivity contribution in [2.75, 3.05) is 0 Å². The quantitative estimate of drug-likeness (QED) is 0.740. The first-order chi connectivity index (χ1) is 9.33. The topological polar surface area (TPSA) is 42.9 Å². The maximum absolute atomic E-state index is 12.1. The first-order valence-electron chi connectivity index (χ1n) is 5.60. The third kappa shape index (κ3) is 2.97. The van der Waals surface area contributed by atoms with Crippen molar-refractivity contribution >= 4 is 33.5 Å². The van der Waals surface area contributed by atoms with Crippen molar-refractivity contribution in [1.82, 2.24) is 9.97 Å². The SMILES string of the molecule is O=[S@@](Cc1csc(-c2ccccn2)n1)c1cccs1. The fraction of sp³-hybridized carbons (Fsp3) is 0.0769. The molecule has 0 N–H and O–H groups in total. The average Bonchev–Trinajstić information content (AvgIpc) is 3.11. The summed E-state index contributed by atoms with van der Waals surface area (Å²) in [4.78, 5) is 8.76. The number of hydrogen-bond acceptors (Lipinski definition) is 5. The van der Waals surface area contributed by atoms with E-state index in [0.29, 0.717) is 5.75 Å². The summed E-state index contributed by atoms with van der Waals surface area (Å²) in [5, 5.41) is 4.77. The molecule has 0 aliphatic carbocycles. The Hall–Kier alpha value is -1.37. The van der Waals surface area contributed by atoms with Crippen molar-refractivity contribution in [3.8, 4) is 10.7 Å². The summed E-state index contributed by atoms with van der Waals surface area (Å²) in [6, 6.07) is 9.56. The summed E-state index contributed by atoms with van der Waals surface area (Å²) in [6.45, 7) is 0. The second-order valence-electron chi connectivity index (χ2n) is 3.78. The zero-order valence-electron chi connectivity index (χ0n) is 9.85. The summed E-state index contributed by atoms with van der Waals surface area (Å²) in [7, 11) is -1.00. The third-order valence-electron chi connectivity index (χ3n) is 2.43. The van der Waals surface area contributed by atoms with Crippen LogP contribution in [-0.4, -0.2) is 14.2 Å². The van der Waals surface area contributed by atoms with Gasteiger partial charge in [0.25, 0.3) is 0 Å². The Kier molecular flexibility index (Phi) is 3.82. The molecule has 0 radical (unpaired) electrons. The van der Waals surface area contributed by atoms with Crippen molar-refractivity contribution in [2.24, 2.45) is 0 Å². The van der Waals surface area contributed by atoms with E-state index in [1.807, 2.05) is 41.1 Å². The molecule has 3 heterocycles. The van der Waals surface area contributed by atoms with Gasteiger partial charge >= 0.3 is 0 Å². The van der Waals surface area contributed by atoms with Gasteiger partial charge in [-0.05, 0) is 23.6 Å². The van der Waals surface area contributed by atoms with E-state index in [1.54, 1.807) is 6.20 Å². The van der Waals surface area contributed by atoms with Crippen LogP contribution >= 0.6 is 22.7 Å². The molecule has 1 atom stereocenters. The zero-order valence-corrected chi connectivity index (χ0v) is 12.3. The van der Waals surface area contributed by atoms with E-state index >= 15 is 0 Å². The van der Waals surface area contributed by atoms with E-state index in [4.69, 9.17) is 0 Å². The Morgan fingerprint density at radius 3 is 2.84 bits per heavy atom. The molecular weight excluding hydrogens is 296 g/mol. The lowest BCUT2D eigenvalue weighted by atomic mass is 10.4. The van der Waals surface area contributed by atoms with Crippen LogP contribution in [0.5, 0.6) is 0 Å². The molecule has 3 aromatic rings. The number of rotatable bonds is 4. The highest BCUT2D eigenvalue weighted by molar-refractivity contribution is 7.86. The van der Waals surface area contributed by atoms with Crippen LogP contribution in [0.4, 0.5) is 0 Å². The van der Waals surface area contributed by atoms with Crippen molar-refractivity contribution in [3.63, 3.8) is 0 Å². The lowest BCUT2D eigenvalue weighted by molar-refractivity contribution is 0.683. The van der Waals surface area contributed by atoms with Gasteiger partial charge in [0.05, 0.1) is 32.1 Å². The van der Waals surface area contributed by atoms with Crippen LogP contribution < -0.4 is 0 Å². The van der Waals surface area contributed by atoms with E-state index in [2.05, 4.69) is 9.97 Å². The lowest BCUT2D eigenvalue weighted by Crippen LogP contribution is -1.94. The van der Waals surface area contributed by atoms with Gasteiger partial charge in [0.2, 0.25) is 0 Å². The Labute approximate surface area is 121 Å². The van der Waals surface area contributed by atoms with Crippen LogP contribution in [0.25, 0.3) is 10.7 Å². The largest absolute Gasteiger partial charge is 0.254 e. The van der Waals surface area contributed by atoms with Gasteiger partial charge in [0.1, 0.15) is 5.01 Å². The fourth-order valence-corrected chi connectivity index (χ4v) is 4.49. The van der Waals surface area contributed by atoms with Gasteiger partial charge < -0.3 is 0 Å². The number of pyridine rings is 1. The van der Waals surface area contributed by atoms with Crippen molar-refractivity contribution in [2.45, 2.75) is 9.96 Å². The standard InChI is InChI=1S/C13H10N2OS3/c16-19(12-5-3-7-17-12)9-10-8-18-13(15-10)11-4-1-2-6-14-11/h1-8H,9H2/t19-/m0/s1. The highest BCUT2D eigenvalue weighted by atomic mass is 32.2. The second-order valence-corrected chi connectivity index (χ2v) is 7.26. The molecule has 0 aliphatic rings. The van der Waals surface area contributed by atoms with E-state index < -0.39 is 10.8 Å². The number of nitrogens with zero attached hydrogens (tertiary/aromatic N) is 2. The molecule has 96 valence electrons. The number of aromatic nitrogens is 2. The van der Waals surface area contributed by atoms with Crippen LogP contribution in [0.3, 0.4) is 0 Å². The van der Waals surface area contributed by atoms with Crippen molar-refractivity contribution in [1.29, 1.82) is 0 Å². The second kappa shape index (κ2) is 5.73. The average molecular weight is 306 g/mol. The molecule has 0 unspecified atom stereocenters. The first-order valence-corrected chi connectivity index (χ1v) is 8.68. The highest BCUT2D eigenvalue weighted by Gasteiger charge is 2.10. The molecule has 3 rings (SSSR count). The minimum Gasteiger partial charge on any atom is -0.254 e. The molecule has 0 aromatic carbocycles. The Balaban J connectivity index is 1.77. The summed E-state index contributed by atoms with van der Waals surface area (Å²) >= 11 is 3.05. The Bertz CT molecular complexity index is 677. The van der Waals surface area contributed by atoms with Crippen LogP contribution in [-0.2, 0) is 16.6 Å². The van der Waals surface area contributed by atoms with Gasteiger partial charge in [-0.2, -0.15) is 0 Å². The molecule has 3 aromatic heterocycles. The Morgan fingerprint density at radius 2 is 2.11 bits per heavy atom.